The van der Waals surface area contributed by atoms with Crippen LogP contribution in [0.25, 0.3) is 0 Å². The molecule has 0 amide bonds. The Kier molecular flexibility index (Phi) is 8.22. The first-order chi connectivity index (χ1) is 14.0. The summed E-state index contributed by atoms with van der Waals surface area (Å²) in [5.74, 6) is 3.94. The lowest BCUT2D eigenvalue weighted by Crippen LogP contribution is -2.44. The summed E-state index contributed by atoms with van der Waals surface area (Å²) in [5.41, 5.74) is -0.889. The summed E-state index contributed by atoms with van der Waals surface area (Å²) in [7, 11) is 0. The van der Waals surface area contributed by atoms with E-state index in [4.69, 9.17) is 4.74 Å². The van der Waals surface area contributed by atoms with Gasteiger partial charge in [-0.15, -0.1) is 0 Å². The van der Waals surface area contributed by atoms with Gasteiger partial charge in [0.1, 0.15) is 11.2 Å². The van der Waals surface area contributed by atoms with E-state index in [0.29, 0.717) is 31.3 Å². The maximum absolute atomic E-state index is 12.9. The molecule has 0 aromatic carbocycles. The normalized spacial score (nSPS) is 38.6. The topological polar surface area (TPSA) is 43.4 Å². The number of hydrogen-bond donors (Lipinski definition) is 0. The van der Waals surface area contributed by atoms with Crippen molar-refractivity contribution in [1.82, 2.24) is 0 Å². The van der Waals surface area contributed by atoms with Crippen LogP contribution in [0.15, 0.2) is 0 Å². The highest BCUT2D eigenvalue weighted by atomic mass is 16.5. The zero-order valence-corrected chi connectivity index (χ0v) is 19.2. The van der Waals surface area contributed by atoms with E-state index in [2.05, 4.69) is 6.92 Å². The largest absolute Gasteiger partial charge is 0.465 e. The molecule has 3 aliphatic carbocycles. The van der Waals surface area contributed by atoms with Crippen molar-refractivity contribution >= 4 is 11.8 Å². The number of Topliss-reactive ketones (excluding diaryl/α,β-unsaturated/α-hetero) is 1. The van der Waals surface area contributed by atoms with Crippen LogP contribution in [0.3, 0.4) is 0 Å². The fourth-order valence-electron chi connectivity index (χ4n) is 6.60. The third-order valence-corrected chi connectivity index (χ3v) is 8.70. The molecule has 3 aliphatic rings. The fourth-order valence-corrected chi connectivity index (χ4v) is 6.60. The smallest absolute Gasteiger partial charge is 0.319 e. The minimum Gasteiger partial charge on any atom is -0.465 e. The Morgan fingerprint density at radius 2 is 1.41 bits per heavy atom. The van der Waals surface area contributed by atoms with E-state index in [0.717, 1.165) is 30.6 Å². The van der Waals surface area contributed by atoms with Gasteiger partial charge in [0.15, 0.2) is 0 Å². The van der Waals surface area contributed by atoms with Crippen LogP contribution >= 0.6 is 0 Å². The van der Waals surface area contributed by atoms with Gasteiger partial charge in [0, 0.05) is 6.42 Å². The average Bonchev–Trinajstić information content (AvgIpc) is 2.75. The molecule has 2 atom stereocenters. The van der Waals surface area contributed by atoms with Crippen LogP contribution in [0.1, 0.15) is 111 Å². The molecule has 0 aromatic rings. The van der Waals surface area contributed by atoms with Gasteiger partial charge in [-0.05, 0) is 94.3 Å². The van der Waals surface area contributed by atoms with E-state index in [-0.39, 0.29) is 11.8 Å². The molecule has 0 radical (unpaired) electrons. The lowest BCUT2D eigenvalue weighted by molar-refractivity contribution is -0.162. The number of esters is 1. The summed E-state index contributed by atoms with van der Waals surface area (Å²) >= 11 is 0. The quantitative estimate of drug-likeness (QED) is 0.349. The second kappa shape index (κ2) is 10.4. The maximum Gasteiger partial charge on any atom is 0.319 e. The molecule has 0 spiro atoms. The van der Waals surface area contributed by atoms with Crippen molar-refractivity contribution in [2.45, 2.75) is 111 Å². The molecule has 29 heavy (non-hydrogen) atoms. The second-order valence-electron chi connectivity index (χ2n) is 10.6. The Labute approximate surface area is 178 Å². The fraction of sp³-hybridized carbons (Fsp3) is 0.923. The van der Waals surface area contributed by atoms with Crippen molar-refractivity contribution < 1.29 is 14.3 Å². The number of rotatable bonds is 7. The van der Waals surface area contributed by atoms with Crippen LogP contribution in [0, 0.1) is 35.0 Å². The molecule has 3 nitrogen and oxygen atoms in total. The molecule has 0 heterocycles. The van der Waals surface area contributed by atoms with Gasteiger partial charge in [-0.3, -0.25) is 9.59 Å². The molecule has 3 heteroatoms. The molecule has 0 N–H and O–H groups in total. The number of ketones is 1. The molecule has 0 aliphatic heterocycles. The third kappa shape index (κ3) is 5.44. The Hall–Kier alpha value is -0.860. The summed E-state index contributed by atoms with van der Waals surface area (Å²) in [6.07, 6.45) is 17.0. The summed E-state index contributed by atoms with van der Waals surface area (Å²) in [6.45, 7) is 6.55. The molecule has 0 bridgehead atoms. The summed E-state index contributed by atoms with van der Waals surface area (Å²) < 4.78 is 5.33. The van der Waals surface area contributed by atoms with Crippen molar-refractivity contribution in [3.05, 3.63) is 0 Å². The Bertz CT molecular complexity index is 540. The maximum atomic E-state index is 12.9. The zero-order chi connectivity index (χ0) is 20.9. The van der Waals surface area contributed by atoms with Gasteiger partial charge in [0.25, 0.3) is 0 Å². The summed E-state index contributed by atoms with van der Waals surface area (Å²) in [4.78, 5) is 25.3. The van der Waals surface area contributed by atoms with Gasteiger partial charge in [0.2, 0.25) is 0 Å². The predicted octanol–water partition coefficient (Wildman–Crippen LogP) is 6.73. The van der Waals surface area contributed by atoms with Gasteiger partial charge in [0.05, 0.1) is 6.61 Å². The van der Waals surface area contributed by atoms with Gasteiger partial charge >= 0.3 is 5.97 Å². The van der Waals surface area contributed by atoms with Crippen molar-refractivity contribution in [3.63, 3.8) is 0 Å². The molecule has 3 fully saturated rings. The van der Waals surface area contributed by atoms with Crippen molar-refractivity contribution in [1.29, 1.82) is 0 Å². The van der Waals surface area contributed by atoms with Crippen LogP contribution in [-0.4, -0.2) is 18.4 Å². The minimum absolute atomic E-state index is 0.131. The SMILES string of the molecule is CCCOC(=O)[C@@]1(C)CCC(C2CCC(C3CCC(CCC)CC3)CC2)CC1=O. The molecule has 1 unspecified atom stereocenters. The zero-order valence-electron chi connectivity index (χ0n) is 19.2. The standard InChI is InChI=1S/C26H44O3/c1-4-6-19-7-9-20(10-8-19)21-11-13-22(14-12-21)23-15-16-26(3,24(27)18-23)25(28)29-17-5-2/h19-23H,4-18H2,1-3H3/t19?,20?,21?,22?,23?,26-/m0/s1. The van der Waals surface area contributed by atoms with E-state index in [9.17, 15) is 9.59 Å². The van der Waals surface area contributed by atoms with Gasteiger partial charge in [-0.25, -0.2) is 0 Å². The molecular weight excluding hydrogens is 360 g/mol. The van der Waals surface area contributed by atoms with Crippen LogP contribution in [-0.2, 0) is 14.3 Å². The number of ether oxygens (including phenoxy) is 1. The highest BCUT2D eigenvalue weighted by Crippen LogP contribution is 2.47. The molecule has 0 saturated heterocycles. The van der Waals surface area contributed by atoms with Crippen molar-refractivity contribution in [2.24, 2.45) is 35.0 Å². The van der Waals surface area contributed by atoms with E-state index in [1.807, 2.05) is 13.8 Å². The molecule has 166 valence electrons. The molecular formula is C26H44O3. The minimum atomic E-state index is -0.889. The van der Waals surface area contributed by atoms with Crippen molar-refractivity contribution in [2.75, 3.05) is 6.61 Å². The van der Waals surface area contributed by atoms with E-state index >= 15 is 0 Å². The number of hydrogen-bond acceptors (Lipinski definition) is 3. The first kappa shape index (κ1) is 22.8. The first-order valence-corrected chi connectivity index (χ1v) is 12.7. The Morgan fingerprint density at radius 3 is 1.93 bits per heavy atom. The summed E-state index contributed by atoms with van der Waals surface area (Å²) in [6, 6.07) is 0. The monoisotopic (exact) mass is 404 g/mol. The predicted molar refractivity (Wildman–Crippen MR) is 118 cm³/mol. The molecule has 3 rings (SSSR count). The lowest BCUT2D eigenvalue weighted by Gasteiger charge is -2.42. The average molecular weight is 405 g/mol. The van der Waals surface area contributed by atoms with E-state index < -0.39 is 5.41 Å². The highest BCUT2D eigenvalue weighted by molar-refractivity contribution is 6.03. The van der Waals surface area contributed by atoms with Crippen LogP contribution in [0.4, 0.5) is 0 Å². The van der Waals surface area contributed by atoms with Gasteiger partial charge < -0.3 is 4.74 Å². The number of carbonyl (C=O) groups excluding carboxylic acids is 2. The number of carbonyl (C=O) groups is 2. The first-order valence-electron chi connectivity index (χ1n) is 12.7. The van der Waals surface area contributed by atoms with Crippen LogP contribution in [0.2, 0.25) is 0 Å². The van der Waals surface area contributed by atoms with Gasteiger partial charge in [-0.1, -0.05) is 39.5 Å². The highest BCUT2D eigenvalue weighted by Gasteiger charge is 2.47. The molecule has 3 saturated carbocycles. The second-order valence-corrected chi connectivity index (χ2v) is 10.6. The van der Waals surface area contributed by atoms with Crippen LogP contribution in [0.5, 0.6) is 0 Å². The van der Waals surface area contributed by atoms with Crippen molar-refractivity contribution in [3.8, 4) is 0 Å². The Morgan fingerprint density at radius 1 is 0.862 bits per heavy atom. The van der Waals surface area contributed by atoms with Crippen LogP contribution < -0.4 is 0 Å². The Balaban J connectivity index is 1.44. The van der Waals surface area contributed by atoms with E-state index in [1.54, 1.807) is 0 Å². The van der Waals surface area contributed by atoms with Gasteiger partial charge in [-0.2, -0.15) is 0 Å². The summed E-state index contributed by atoms with van der Waals surface area (Å²) in [5, 5.41) is 0. The lowest BCUT2D eigenvalue weighted by atomic mass is 9.62. The van der Waals surface area contributed by atoms with E-state index in [1.165, 1.54) is 64.2 Å². The third-order valence-electron chi connectivity index (χ3n) is 8.70. The molecule has 0 aromatic heterocycles.